The quantitative estimate of drug-likeness (QED) is 0.755. The van der Waals surface area contributed by atoms with Gasteiger partial charge < -0.3 is 10.1 Å². The molecule has 0 aliphatic carbocycles. The fourth-order valence-electron chi connectivity index (χ4n) is 2.44. The third-order valence-electron chi connectivity index (χ3n) is 3.25. The first-order valence-corrected chi connectivity index (χ1v) is 6.57. The van der Waals surface area contributed by atoms with Gasteiger partial charge in [-0.15, -0.1) is 0 Å². The highest BCUT2D eigenvalue weighted by atomic mass is 16.5. The molecule has 1 fully saturated rings. The van der Waals surface area contributed by atoms with Crippen molar-refractivity contribution < 1.29 is 14.3 Å². The minimum absolute atomic E-state index is 0.00284. The van der Waals surface area contributed by atoms with Crippen molar-refractivity contribution in [2.24, 2.45) is 0 Å². The van der Waals surface area contributed by atoms with Crippen molar-refractivity contribution in [3.05, 3.63) is 0 Å². The Labute approximate surface area is 109 Å². The lowest BCUT2D eigenvalue weighted by Gasteiger charge is -2.33. The zero-order valence-electron chi connectivity index (χ0n) is 11.6. The molecule has 0 saturated carbocycles. The van der Waals surface area contributed by atoms with Crippen LogP contribution in [0.2, 0.25) is 0 Å². The number of Topliss-reactive ketones (excluding diaryl/α,β-unsaturated/α-hetero) is 1. The highest BCUT2D eigenvalue weighted by molar-refractivity contribution is 5.83. The first-order valence-electron chi connectivity index (χ1n) is 6.57. The number of ether oxygens (including phenoxy) is 1. The second-order valence-corrected chi connectivity index (χ2v) is 5.02. The van der Waals surface area contributed by atoms with Gasteiger partial charge in [0.2, 0.25) is 5.91 Å². The maximum atomic E-state index is 11.8. The van der Waals surface area contributed by atoms with Crippen LogP contribution in [0.4, 0.5) is 0 Å². The Morgan fingerprint density at radius 2 is 2.17 bits per heavy atom. The molecule has 1 heterocycles. The van der Waals surface area contributed by atoms with Gasteiger partial charge in [-0.05, 0) is 33.2 Å². The molecule has 1 aliphatic rings. The zero-order valence-corrected chi connectivity index (χ0v) is 11.6. The first-order chi connectivity index (χ1) is 8.54. The monoisotopic (exact) mass is 256 g/mol. The summed E-state index contributed by atoms with van der Waals surface area (Å²) in [6.07, 6.45) is 3.00. The molecule has 2 atom stereocenters. The van der Waals surface area contributed by atoms with E-state index >= 15 is 0 Å². The third-order valence-corrected chi connectivity index (χ3v) is 3.25. The maximum absolute atomic E-state index is 11.8. The minimum Gasteiger partial charge on any atom is -0.383 e. The van der Waals surface area contributed by atoms with Crippen LogP contribution in [0.1, 0.15) is 33.1 Å². The number of hydrogen-bond acceptors (Lipinski definition) is 4. The highest BCUT2D eigenvalue weighted by Crippen LogP contribution is 2.17. The van der Waals surface area contributed by atoms with Gasteiger partial charge >= 0.3 is 0 Å². The van der Waals surface area contributed by atoms with Crippen LogP contribution < -0.4 is 5.32 Å². The molecule has 104 valence electrons. The lowest BCUT2D eigenvalue weighted by Crippen LogP contribution is -2.50. The summed E-state index contributed by atoms with van der Waals surface area (Å²) in [4.78, 5) is 25.4. The molecule has 1 aliphatic heterocycles. The smallest absolute Gasteiger partial charge is 0.234 e. The fourth-order valence-corrected chi connectivity index (χ4v) is 2.44. The number of hydrogen-bond donors (Lipinski definition) is 1. The standard InChI is InChI=1S/C13H24N2O3/c1-10(9-18-3)14-13(17)8-15-7-5-4-6-12(15)11(2)16/h10,12H,4-9H2,1-3H3,(H,14,17). The van der Waals surface area contributed by atoms with Gasteiger partial charge in [-0.3, -0.25) is 14.5 Å². The molecule has 1 amide bonds. The summed E-state index contributed by atoms with van der Waals surface area (Å²) in [6.45, 7) is 5.14. The van der Waals surface area contributed by atoms with Gasteiger partial charge in [-0.25, -0.2) is 0 Å². The van der Waals surface area contributed by atoms with Gasteiger partial charge in [-0.1, -0.05) is 6.42 Å². The number of likely N-dealkylation sites (tertiary alicyclic amines) is 1. The van der Waals surface area contributed by atoms with E-state index in [0.29, 0.717) is 13.2 Å². The summed E-state index contributed by atoms with van der Waals surface area (Å²) in [5.74, 6) is 0.125. The van der Waals surface area contributed by atoms with E-state index in [-0.39, 0.29) is 23.8 Å². The minimum atomic E-state index is -0.0813. The number of carbonyl (C=O) groups is 2. The van der Waals surface area contributed by atoms with E-state index in [9.17, 15) is 9.59 Å². The SMILES string of the molecule is COCC(C)NC(=O)CN1CCCCC1C(C)=O. The normalized spacial score (nSPS) is 22.5. The van der Waals surface area contributed by atoms with E-state index in [1.807, 2.05) is 11.8 Å². The molecule has 0 aromatic carbocycles. The first kappa shape index (κ1) is 15.1. The number of carbonyl (C=O) groups excluding carboxylic acids is 2. The largest absolute Gasteiger partial charge is 0.383 e. The van der Waals surface area contributed by atoms with Crippen LogP contribution in [0.15, 0.2) is 0 Å². The van der Waals surface area contributed by atoms with Crippen LogP contribution in [0.3, 0.4) is 0 Å². The molecular weight excluding hydrogens is 232 g/mol. The van der Waals surface area contributed by atoms with Crippen LogP contribution >= 0.6 is 0 Å². The second kappa shape index (κ2) is 7.48. The average Bonchev–Trinajstić information content (AvgIpc) is 2.29. The van der Waals surface area contributed by atoms with Gasteiger partial charge in [0.15, 0.2) is 0 Å². The molecule has 5 nitrogen and oxygen atoms in total. The molecule has 5 heteroatoms. The fraction of sp³-hybridized carbons (Fsp3) is 0.846. The topological polar surface area (TPSA) is 58.6 Å². The predicted molar refractivity (Wildman–Crippen MR) is 69.4 cm³/mol. The van der Waals surface area contributed by atoms with Crippen LogP contribution in [-0.2, 0) is 14.3 Å². The number of rotatable bonds is 6. The molecular formula is C13H24N2O3. The van der Waals surface area contributed by atoms with Crippen molar-refractivity contribution in [1.82, 2.24) is 10.2 Å². The number of methoxy groups -OCH3 is 1. The number of nitrogens with zero attached hydrogens (tertiary/aromatic N) is 1. The summed E-state index contributed by atoms with van der Waals surface area (Å²) < 4.78 is 4.97. The summed E-state index contributed by atoms with van der Waals surface area (Å²) in [7, 11) is 1.61. The number of ketones is 1. The average molecular weight is 256 g/mol. The van der Waals surface area contributed by atoms with E-state index in [1.165, 1.54) is 0 Å². The summed E-state index contributed by atoms with van der Waals surface area (Å²) in [5, 5.41) is 2.87. The summed E-state index contributed by atoms with van der Waals surface area (Å²) >= 11 is 0. The molecule has 0 bridgehead atoms. The zero-order chi connectivity index (χ0) is 13.5. The van der Waals surface area contributed by atoms with Crippen LogP contribution in [-0.4, -0.2) is 55.5 Å². The molecule has 1 rings (SSSR count). The van der Waals surface area contributed by atoms with Gasteiger partial charge in [-0.2, -0.15) is 0 Å². The number of amides is 1. The van der Waals surface area contributed by atoms with E-state index < -0.39 is 0 Å². The molecule has 0 aromatic rings. The third kappa shape index (κ3) is 4.74. The summed E-state index contributed by atoms with van der Waals surface area (Å²) in [6, 6.07) is -0.0784. The number of piperidine rings is 1. The van der Waals surface area contributed by atoms with Crippen molar-refractivity contribution in [3.63, 3.8) is 0 Å². The van der Waals surface area contributed by atoms with E-state index in [2.05, 4.69) is 5.32 Å². The van der Waals surface area contributed by atoms with E-state index in [0.717, 1.165) is 25.8 Å². The Bertz CT molecular complexity index is 294. The Morgan fingerprint density at radius 3 is 2.78 bits per heavy atom. The van der Waals surface area contributed by atoms with Gasteiger partial charge in [0.1, 0.15) is 5.78 Å². The Hall–Kier alpha value is -0.940. The molecule has 18 heavy (non-hydrogen) atoms. The Balaban J connectivity index is 2.43. The molecule has 0 aromatic heterocycles. The van der Waals surface area contributed by atoms with E-state index in [4.69, 9.17) is 4.74 Å². The van der Waals surface area contributed by atoms with Crippen LogP contribution in [0, 0.1) is 0 Å². The molecule has 2 unspecified atom stereocenters. The van der Waals surface area contributed by atoms with Crippen molar-refractivity contribution >= 4 is 11.7 Å². The van der Waals surface area contributed by atoms with Gasteiger partial charge in [0.25, 0.3) is 0 Å². The van der Waals surface area contributed by atoms with Crippen LogP contribution in [0.25, 0.3) is 0 Å². The Kier molecular flexibility index (Phi) is 6.29. The summed E-state index contributed by atoms with van der Waals surface area (Å²) in [5.41, 5.74) is 0. The van der Waals surface area contributed by atoms with Gasteiger partial charge in [0.05, 0.1) is 19.2 Å². The van der Waals surface area contributed by atoms with Crippen molar-refractivity contribution in [1.29, 1.82) is 0 Å². The molecule has 0 radical (unpaired) electrons. The van der Waals surface area contributed by atoms with Crippen LogP contribution in [0.5, 0.6) is 0 Å². The van der Waals surface area contributed by atoms with Crippen molar-refractivity contribution in [3.8, 4) is 0 Å². The Morgan fingerprint density at radius 1 is 1.44 bits per heavy atom. The predicted octanol–water partition coefficient (Wildman–Crippen LogP) is 0.581. The molecule has 0 spiro atoms. The lowest BCUT2D eigenvalue weighted by atomic mass is 9.99. The lowest BCUT2D eigenvalue weighted by molar-refractivity contribution is -0.128. The van der Waals surface area contributed by atoms with Crippen molar-refractivity contribution in [2.75, 3.05) is 26.8 Å². The highest BCUT2D eigenvalue weighted by Gasteiger charge is 2.27. The maximum Gasteiger partial charge on any atom is 0.234 e. The molecule has 1 N–H and O–H groups in total. The molecule has 1 saturated heterocycles. The van der Waals surface area contributed by atoms with E-state index in [1.54, 1.807) is 14.0 Å². The second-order valence-electron chi connectivity index (χ2n) is 5.02. The van der Waals surface area contributed by atoms with Gasteiger partial charge in [0, 0.05) is 13.2 Å². The van der Waals surface area contributed by atoms with Crippen molar-refractivity contribution in [2.45, 2.75) is 45.2 Å². The number of nitrogens with one attached hydrogen (secondary N) is 1.